The van der Waals surface area contributed by atoms with Crippen LogP contribution in [0.15, 0.2) is 29.0 Å². The van der Waals surface area contributed by atoms with Crippen molar-refractivity contribution in [3.05, 3.63) is 30.3 Å². The largest absolute Gasteiger partial charge is 0.493 e. The summed E-state index contributed by atoms with van der Waals surface area (Å²) in [6.45, 7) is 0.653. The molecular weight excluding hydrogens is 232 g/mol. The van der Waals surface area contributed by atoms with Crippen molar-refractivity contribution < 1.29 is 13.9 Å². The van der Waals surface area contributed by atoms with Crippen molar-refractivity contribution >= 4 is 0 Å². The van der Waals surface area contributed by atoms with Gasteiger partial charge in [0.1, 0.15) is 5.69 Å². The first-order valence-corrected chi connectivity index (χ1v) is 5.59. The van der Waals surface area contributed by atoms with Crippen LogP contribution in [0.1, 0.15) is 5.69 Å². The quantitative estimate of drug-likeness (QED) is 0.878. The number of ether oxygens (including phenoxy) is 2. The summed E-state index contributed by atoms with van der Waals surface area (Å²) < 4.78 is 15.9. The third-order valence-corrected chi connectivity index (χ3v) is 2.63. The normalized spacial score (nSPS) is 10.4. The molecule has 0 saturated carbocycles. The minimum atomic E-state index is 0.653. The summed E-state index contributed by atoms with van der Waals surface area (Å²) in [5.74, 6) is 2.10. The van der Waals surface area contributed by atoms with E-state index in [0.717, 1.165) is 17.0 Å². The fraction of sp³-hybridized carbons (Fsp3) is 0.308. The fourth-order valence-corrected chi connectivity index (χ4v) is 1.77. The smallest absolute Gasteiger partial charge is 0.181 e. The lowest BCUT2D eigenvalue weighted by atomic mass is 10.1. The van der Waals surface area contributed by atoms with Crippen molar-refractivity contribution in [2.75, 3.05) is 21.3 Å². The molecule has 0 aliphatic rings. The molecule has 1 aromatic heterocycles. The van der Waals surface area contributed by atoms with E-state index in [1.165, 1.54) is 6.39 Å². The van der Waals surface area contributed by atoms with Gasteiger partial charge in [0, 0.05) is 12.1 Å². The molecule has 2 rings (SSSR count). The van der Waals surface area contributed by atoms with Crippen LogP contribution in [0.2, 0.25) is 0 Å². The molecule has 18 heavy (non-hydrogen) atoms. The molecule has 1 aromatic carbocycles. The van der Waals surface area contributed by atoms with Crippen molar-refractivity contribution in [3.63, 3.8) is 0 Å². The molecule has 0 spiro atoms. The number of aromatic nitrogens is 1. The van der Waals surface area contributed by atoms with Crippen LogP contribution < -0.4 is 14.8 Å². The number of oxazole rings is 1. The van der Waals surface area contributed by atoms with E-state index in [1.807, 2.05) is 25.2 Å². The van der Waals surface area contributed by atoms with Gasteiger partial charge in [-0.3, -0.25) is 0 Å². The number of nitrogens with one attached hydrogen (secondary N) is 1. The molecule has 0 unspecified atom stereocenters. The summed E-state index contributed by atoms with van der Waals surface area (Å²) in [4.78, 5) is 4.18. The average Bonchev–Trinajstić information content (AvgIpc) is 2.86. The summed E-state index contributed by atoms with van der Waals surface area (Å²) in [7, 11) is 5.09. The van der Waals surface area contributed by atoms with E-state index in [-0.39, 0.29) is 0 Å². The Bertz CT molecular complexity index is 523. The first-order valence-electron chi connectivity index (χ1n) is 5.59. The van der Waals surface area contributed by atoms with Gasteiger partial charge in [0.2, 0.25) is 0 Å². The van der Waals surface area contributed by atoms with Crippen molar-refractivity contribution in [3.8, 4) is 22.8 Å². The Balaban J connectivity index is 2.41. The Hall–Kier alpha value is -2.01. The molecule has 0 aliphatic heterocycles. The second-order valence-corrected chi connectivity index (χ2v) is 3.73. The number of hydrogen-bond acceptors (Lipinski definition) is 5. The van der Waals surface area contributed by atoms with Gasteiger partial charge in [-0.15, -0.1) is 0 Å². The number of rotatable bonds is 5. The third-order valence-electron chi connectivity index (χ3n) is 2.63. The second-order valence-electron chi connectivity index (χ2n) is 3.73. The number of benzene rings is 1. The van der Waals surface area contributed by atoms with Crippen LogP contribution in [0.5, 0.6) is 11.5 Å². The number of methoxy groups -OCH3 is 2. The minimum absolute atomic E-state index is 0.653. The van der Waals surface area contributed by atoms with Gasteiger partial charge in [0.05, 0.1) is 14.2 Å². The van der Waals surface area contributed by atoms with E-state index in [0.29, 0.717) is 18.0 Å². The van der Waals surface area contributed by atoms with Crippen LogP contribution in [-0.4, -0.2) is 26.3 Å². The van der Waals surface area contributed by atoms with Crippen LogP contribution in [-0.2, 0) is 6.54 Å². The van der Waals surface area contributed by atoms with E-state index in [2.05, 4.69) is 10.3 Å². The standard InChI is InChI=1S/C13H16N2O3/c1-14-7-10-13(18-8-15-10)9-4-5-11(16-2)12(6-9)17-3/h4-6,8,14H,7H2,1-3H3. The van der Waals surface area contributed by atoms with Gasteiger partial charge >= 0.3 is 0 Å². The van der Waals surface area contributed by atoms with E-state index >= 15 is 0 Å². The molecule has 0 bridgehead atoms. The molecule has 0 atom stereocenters. The van der Waals surface area contributed by atoms with Gasteiger partial charge in [0.15, 0.2) is 23.7 Å². The molecule has 0 radical (unpaired) electrons. The van der Waals surface area contributed by atoms with Crippen molar-refractivity contribution in [2.45, 2.75) is 6.54 Å². The highest BCUT2D eigenvalue weighted by Crippen LogP contribution is 2.33. The Morgan fingerprint density at radius 2 is 2.00 bits per heavy atom. The lowest BCUT2D eigenvalue weighted by Gasteiger charge is -2.08. The molecule has 96 valence electrons. The zero-order chi connectivity index (χ0) is 13.0. The highest BCUT2D eigenvalue weighted by atomic mass is 16.5. The number of hydrogen-bond donors (Lipinski definition) is 1. The summed E-state index contributed by atoms with van der Waals surface area (Å²) in [5, 5.41) is 3.05. The molecule has 0 amide bonds. The first-order chi connectivity index (χ1) is 8.80. The average molecular weight is 248 g/mol. The van der Waals surface area contributed by atoms with Crippen molar-refractivity contribution in [2.24, 2.45) is 0 Å². The Morgan fingerprint density at radius 3 is 2.67 bits per heavy atom. The lowest BCUT2D eigenvalue weighted by molar-refractivity contribution is 0.355. The summed E-state index contributed by atoms with van der Waals surface area (Å²) in [6, 6.07) is 5.64. The molecule has 2 aromatic rings. The maximum absolute atomic E-state index is 5.43. The third kappa shape index (κ3) is 2.31. The molecular formula is C13H16N2O3. The monoisotopic (exact) mass is 248 g/mol. The minimum Gasteiger partial charge on any atom is -0.493 e. The van der Waals surface area contributed by atoms with Crippen molar-refractivity contribution in [1.29, 1.82) is 0 Å². The SMILES string of the molecule is CNCc1ncoc1-c1ccc(OC)c(OC)c1. The van der Waals surface area contributed by atoms with E-state index in [1.54, 1.807) is 14.2 Å². The van der Waals surface area contributed by atoms with E-state index in [9.17, 15) is 0 Å². The van der Waals surface area contributed by atoms with Crippen LogP contribution >= 0.6 is 0 Å². The zero-order valence-corrected chi connectivity index (χ0v) is 10.7. The van der Waals surface area contributed by atoms with Crippen LogP contribution in [0.25, 0.3) is 11.3 Å². The molecule has 1 N–H and O–H groups in total. The Labute approximate surface area is 106 Å². The maximum atomic E-state index is 5.43. The molecule has 5 heteroatoms. The highest BCUT2D eigenvalue weighted by molar-refractivity contribution is 5.64. The number of nitrogens with zero attached hydrogens (tertiary/aromatic N) is 1. The predicted octanol–water partition coefficient (Wildman–Crippen LogP) is 2.08. The Kier molecular flexibility index (Phi) is 3.84. The fourth-order valence-electron chi connectivity index (χ4n) is 1.77. The molecule has 1 heterocycles. The molecule has 5 nitrogen and oxygen atoms in total. The van der Waals surface area contributed by atoms with Gasteiger partial charge in [0.25, 0.3) is 0 Å². The van der Waals surface area contributed by atoms with E-state index in [4.69, 9.17) is 13.9 Å². The topological polar surface area (TPSA) is 56.5 Å². The van der Waals surface area contributed by atoms with Crippen LogP contribution in [0.3, 0.4) is 0 Å². The zero-order valence-electron chi connectivity index (χ0n) is 10.7. The van der Waals surface area contributed by atoms with Crippen molar-refractivity contribution in [1.82, 2.24) is 10.3 Å². The summed E-state index contributed by atoms with van der Waals surface area (Å²) in [5.41, 5.74) is 1.78. The molecule has 0 fully saturated rings. The van der Waals surface area contributed by atoms with Gasteiger partial charge in [-0.2, -0.15) is 0 Å². The summed E-state index contributed by atoms with van der Waals surface area (Å²) >= 11 is 0. The van der Waals surface area contributed by atoms with E-state index < -0.39 is 0 Å². The maximum Gasteiger partial charge on any atom is 0.181 e. The molecule has 0 saturated heterocycles. The lowest BCUT2D eigenvalue weighted by Crippen LogP contribution is -2.06. The van der Waals surface area contributed by atoms with Gasteiger partial charge in [-0.25, -0.2) is 4.98 Å². The molecule has 0 aliphatic carbocycles. The second kappa shape index (κ2) is 5.55. The summed E-state index contributed by atoms with van der Waals surface area (Å²) in [6.07, 6.45) is 1.44. The van der Waals surface area contributed by atoms with Gasteiger partial charge in [-0.05, 0) is 25.2 Å². The van der Waals surface area contributed by atoms with Crippen LogP contribution in [0.4, 0.5) is 0 Å². The van der Waals surface area contributed by atoms with Gasteiger partial charge < -0.3 is 19.2 Å². The first kappa shape index (κ1) is 12.4. The highest BCUT2D eigenvalue weighted by Gasteiger charge is 2.13. The van der Waals surface area contributed by atoms with Crippen LogP contribution in [0, 0.1) is 0 Å². The predicted molar refractivity (Wildman–Crippen MR) is 67.8 cm³/mol. The van der Waals surface area contributed by atoms with Gasteiger partial charge in [-0.1, -0.05) is 0 Å². The Morgan fingerprint density at radius 1 is 1.22 bits per heavy atom.